The molecular weight excluding hydrogens is 340 g/mol. The smallest absolute Gasteiger partial charge is 0.261 e. The maximum absolute atomic E-state index is 13.0. The van der Waals surface area contributed by atoms with Gasteiger partial charge >= 0.3 is 0 Å². The predicted molar refractivity (Wildman–Crippen MR) is 105 cm³/mol. The zero-order valence-electron chi connectivity index (χ0n) is 15.1. The van der Waals surface area contributed by atoms with Crippen LogP contribution in [0.3, 0.4) is 0 Å². The van der Waals surface area contributed by atoms with Gasteiger partial charge in [0.05, 0.1) is 17.2 Å². The fourth-order valence-electron chi connectivity index (χ4n) is 3.78. The summed E-state index contributed by atoms with van der Waals surface area (Å²) in [7, 11) is 0. The molecule has 3 aromatic rings. The minimum Gasteiger partial charge on any atom is -0.298 e. The molecule has 27 heavy (non-hydrogen) atoms. The summed E-state index contributed by atoms with van der Waals surface area (Å²) in [5.41, 5.74) is 0.560. The predicted octanol–water partition coefficient (Wildman–Crippen LogP) is 3.16. The van der Waals surface area contributed by atoms with Crippen LogP contribution in [-0.2, 0) is 11.3 Å². The molecule has 4 rings (SSSR count). The summed E-state index contributed by atoms with van der Waals surface area (Å²) in [6.07, 6.45) is 7.75. The van der Waals surface area contributed by atoms with Crippen LogP contribution in [0.5, 0.6) is 0 Å². The fourth-order valence-corrected chi connectivity index (χ4v) is 3.78. The van der Waals surface area contributed by atoms with Gasteiger partial charge in [0, 0.05) is 25.2 Å². The zero-order valence-corrected chi connectivity index (χ0v) is 15.1. The number of para-hydroxylation sites is 1. The number of nitrogens with zero attached hydrogens (tertiary/aromatic N) is 4. The Balaban J connectivity index is 1.55. The Kier molecular flexibility index (Phi) is 4.96. The Hall–Kier alpha value is -3.02. The molecule has 0 N–H and O–H groups in total. The van der Waals surface area contributed by atoms with Gasteiger partial charge in [-0.15, -0.1) is 0 Å². The zero-order chi connectivity index (χ0) is 18.6. The van der Waals surface area contributed by atoms with Gasteiger partial charge in [-0.3, -0.25) is 19.1 Å². The van der Waals surface area contributed by atoms with Crippen LogP contribution < -0.4 is 10.5 Å². The number of anilines is 1. The number of fused-ring (bicyclic) bond motifs is 1. The van der Waals surface area contributed by atoms with Crippen molar-refractivity contribution in [3.63, 3.8) is 0 Å². The normalized spacial score (nSPS) is 14.5. The van der Waals surface area contributed by atoms with Crippen molar-refractivity contribution in [2.75, 3.05) is 4.90 Å². The third-order valence-electron chi connectivity index (χ3n) is 5.15. The van der Waals surface area contributed by atoms with Gasteiger partial charge in [-0.25, -0.2) is 9.97 Å². The SMILES string of the molecule is O=C(CCn1cnc2ccccc2c1=O)N(c1ccccn1)C1CCCC1. The number of aryl methyl sites for hydroxylation is 1. The first-order valence-corrected chi connectivity index (χ1v) is 9.41. The number of amides is 1. The number of rotatable bonds is 5. The van der Waals surface area contributed by atoms with Gasteiger partial charge in [0.15, 0.2) is 0 Å². The highest BCUT2D eigenvalue weighted by atomic mass is 16.2. The van der Waals surface area contributed by atoms with Crippen LogP contribution in [0.2, 0.25) is 0 Å². The number of aromatic nitrogens is 3. The summed E-state index contributed by atoms with van der Waals surface area (Å²) < 4.78 is 1.52. The van der Waals surface area contributed by atoms with Crippen molar-refractivity contribution in [1.82, 2.24) is 14.5 Å². The summed E-state index contributed by atoms with van der Waals surface area (Å²) in [6.45, 7) is 0.311. The Morgan fingerprint density at radius 1 is 1.07 bits per heavy atom. The van der Waals surface area contributed by atoms with Crippen molar-refractivity contribution in [3.8, 4) is 0 Å². The van der Waals surface area contributed by atoms with Crippen LogP contribution in [0.15, 0.2) is 59.8 Å². The Bertz CT molecular complexity index is 994. The first-order valence-electron chi connectivity index (χ1n) is 9.41. The van der Waals surface area contributed by atoms with Crippen LogP contribution in [0.4, 0.5) is 5.82 Å². The molecule has 1 aliphatic carbocycles. The third kappa shape index (κ3) is 3.60. The standard InChI is InChI=1S/C21H22N4O2/c26-20(25(16-7-1-2-8-16)19-11-5-6-13-22-19)12-14-24-15-23-18-10-4-3-9-17(18)21(24)27/h3-6,9-11,13,15-16H,1-2,7-8,12,14H2. The molecule has 1 amide bonds. The average Bonchev–Trinajstić information content (AvgIpc) is 3.23. The number of hydrogen-bond donors (Lipinski definition) is 0. The number of carbonyl (C=O) groups is 1. The number of pyridine rings is 1. The summed E-state index contributed by atoms with van der Waals surface area (Å²) in [5, 5.41) is 0.574. The van der Waals surface area contributed by atoms with E-state index >= 15 is 0 Å². The monoisotopic (exact) mass is 362 g/mol. The summed E-state index contributed by atoms with van der Waals surface area (Å²) in [4.78, 5) is 36.2. The van der Waals surface area contributed by atoms with Crippen molar-refractivity contribution >= 4 is 22.6 Å². The largest absolute Gasteiger partial charge is 0.298 e. The molecule has 0 saturated heterocycles. The maximum Gasteiger partial charge on any atom is 0.261 e. The lowest BCUT2D eigenvalue weighted by Crippen LogP contribution is -2.40. The Morgan fingerprint density at radius 3 is 2.63 bits per heavy atom. The molecule has 2 heterocycles. The second kappa shape index (κ2) is 7.70. The Morgan fingerprint density at radius 2 is 1.85 bits per heavy atom. The van der Waals surface area contributed by atoms with E-state index in [0.717, 1.165) is 25.7 Å². The third-order valence-corrected chi connectivity index (χ3v) is 5.15. The average molecular weight is 362 g/mol. The minimum atomic E-state index is -0.112. The molecule has 0 spiro atoms. The molecule has 1 aromatic carbocycles. The van der Waals surface area contributed by atoms with E-state index in [0.29, 0.717) is 23.3 Å². The molecule has 1 saturated carbocycles. The van der Waals surface area contributed by atoms with Crippen molar-refractivity contribution in [2.45, 2.75) is 44.7 Å². The summed E-state index contributed by atoms with van der Waals surface area (Å²) in [5.74, 6) is 0.694. The van der Waals surface area contributed by atoms with Crippen molar-refractivity contribution in [3.05, 3.63) is 65.3 Å². The minimum absolute atomic E-state index is 0.000610. The Labute approximate surface area is 157 Å². The molecule has 0 unspecified atom stereocenters. The van der Waals surface area contributed by atoms with Crippen LogP contribution in [0.1, 0.15) is 32.1 Å². The van der Waals surface area contributed by atoms with Crippen LogP contribution >= 0.6 is 0 Å². The molecule has 0 atom stereocenters. The van der Waals surface area contributed by atoms with Crippen molar-refractivity contribution in [2.24, 2.45) is 0 Å². The second-order valence-corrected chi connectivity index (χ2v) is 6.90. The highest BCUT2D eigenvalue weighted by Crippen LogP contribution is 2.27. The van der Waals surface area contributed by atoms with Crippen molar-refractivity contribution < 1.29 is 4.79 Å². The van der Waals surface area contributed by atoms with Crippen LogP contribution in [0, 0.1) is 0 Å². The lowest BCUT2D eigenvalue weighted by molar-refractivity contribution is -0.119. The molecular formula is C21H22N4O2. The van der Waals surface area contributed by atoms with E-state index in [4.69, 9.17) is 0 Å². The molecule has 6 nitrogen and oxygen atoms in total. The van der Waals surface area contributed by atoms with E-state index < -0.39 is 0 Å². The first-order chi connectivity index (χ1) is 13.2. The van der Waals surface area contributed by atoms with Gasteiger partial charge in [0.2, 0.25) is 5.91 Å². The fraction of sp³-hybridized carbons (Fsp3) is 0.333. The van der Waals surface area contributed by atoms with Gasteiger partial charge in [-0.05, 0) is 37.1 Å². The first kappa shape index (κ1) is 17.4. The molecule has 0 aliphatic heterocycles. The molecule has 0 bridgehead atoms. The van der Waals surface area contributed by atoms with Gasteiger partial charge < -0.3 is 0 Å². The van der Waals surface area contributed by atoms with Crippen LogP contribution in [-0.4, -0.2) is 26.5 Å². The molecule has 1 fully saturated rings. The highest BCUT2D eigenvalue weighted by Gasteiger charge is 2.28. The lowest BCUT2D eigenvalue weighted by atomic mass is 10.2. The molecule has 2 aromatic heterocycles. The van der Waals surface area contributed by atoms with E-state index in [1.54, 1.807) is 12.3 Å². The molecule has 138 valence electrons. The lowest BCUT2D eigenvalue weighted by Gasteiger charge is -2.28. The number of benzene rings is 1. The van der Waals surface area contributed by atoms with Crippen LogP contribution in [0.25, 0.3) is 10.9 Å². The highest BCUT2D eigenvalue weighted by molar-refractivity contribution is 5.93. The van der Waals surface area contributed by atoms with Gasteiger partial charge in [-0.1, -0.05) is 31.0 Å². The summed E-state index contributed by atoms with van der Waals surface area (Å²) >= 11 is 0. The van der Waals surface area contributed by atoms with Crippen molar-refractivity contribution in [1.29, 1.82) is 0 Å². The molecule has 1 aliphatic rings. The number of hydrogen-bond acceptors (Lipinski definition) is 4. The molecule has 6 heteroatoms. The van der Waals surface area contributed by atoms with E-state index in [-0.39, 0.29) is 23.9 Å². The number of carbonyl (C=O) groups excluding carboxylic acids is 1. The van der Waals surface area contributed by atoms with E-state index in [1.165, 1.54) is 10.9 Å². The molecule has 0 radical (unpaired) electrons. The van der Waals surface area contributed by atoms with Gasteiger partial charge in [0.1, 0.15) is 5.82 Å². The quantitative estimate of drug-likeness (QED) is 0.699. The topological polar surface area (TPSA) is 68.1 Å². The summed E-state index contributed by atoms with van der Waals surface area (Å²) in [6, 6.07) is 13.1. The van der Waals surface area contributed by atoms with E-state index in [2.05, 4.69) is 9.97 Å². The van der Waals surface area contributed by atoms with E-state index in [1.807, 2.05) is 41.3 Å². The van der Waals surface area contributed by atoms with Gasteiger partial charge in [0.25, 0.3) is 5.56 Å². The van der Waals surface area contributed by atoms with E-state index in [9.17, 15) is 9.59 Å². The maximum atomic E-state index is 13.0. The van der Waals surface area contributed by atoms with Gasteiger partial charge in [-0.2, -0.15) is 0 Å². The second-order valence-electron chi connectivity index (χ2n) is 6.90.